The molecule has 1 N–H and O–H groups in total. The van der Waals surface area contributed by atoms with E-state index in [1.165, 1.54) is 19.3 Å². The molecule has 1 rings (SSSR count). The van der Waals surface area contributed by atoms with Crippen molar-refractivity contribution in [3.8, 4) is 0 Å². The molecular formula is C6H12N. The van der Waals surface area contributed by atoms with E-state index in [1.807, 2.05) is 0 Å². The Morgan fingerprint density at radius 1 is 1.57 bits per heavy atom. The number of rotatable bonds is 2. The van der Waals surface area contributed by atoms with Crippen LogP contribution in [0.3, 0.4) is 0 Å². The molecule has 0 saturated heterocycles. The topological polar surface area (TPSA) is 23.8 Å². The third-order valence-corrected chi connectivity index (χ3v) is 2.08. The first-order valence-electron chi connectivity index (χ1n) is 2.97. The summed E-state index contributed by atoms with van der Waals surface area (Å²) in [6.07, 6.45) is 3.84. The molecule has 1 radical (unpaired) electrons. The predicted molar refractivity (Wildman–Crippen MR) is 29.9 cm³/mol. The van der Waals surface area contributed by atoms with Gasteiger partial charge in [0, 0.05) is 6.54 Å². The molecule has 0 heterocycles. The van der Waals surface area contributed by atoms with Gasteiger partial charge < -0.3 is 0 Å². The summed E-state index contributed by atoms with van der Waals surface area (Å²) in [6.45, 7) is 2.84. The van der Waals surface area contributed by atoms with Crippen molar-refractivity contribution in [3.63, 3.8) is 0 Å². The minimum absolute atomic E-state index is 0.500. The van der Waals surface area contributed by atoms with E-state index in [0.29, 0.717) is 12.0 Å². The van der Waals surface area contributed by atoms with E-state index in [9.17, 15) is 0 Å². The zero-order chi connectivity index (χ0) is 5.33. The fourth-order valence-corrected chi connectivity index (χ4v) is 0.832. The van der Waals surface area contributed by atoms with Gasteiger partial charge in [0.1, 0.15) is 0 Å². The monoisotopic (exact) mass is 98.1 g/mol. The van der Waals surface area contributed by atoms with E-state index in [1.54, 1.807) is 0 Å². The molecule has 1 aliphatic carbocycles. The Hall–Kier alpha value is -0.0400. The van der Waals surface area contributed by atoms with E-state index in [0.717, 1.165) is 0 Å². The summed E-state index contributed by atoms with van der Waals surface area (Å²) in [5.41, 5.74) is 7.57. The van der Waals surface area contributed by atoms with E-state index < -0.39 is 0 Å². The van der Waals surface area contributed by atoms with Gasteiger partial charge >= 0.3 is 0 Å². The second-order valence-electron chi connectivity index (χ2n) is 2.53. The Bertz CT molecular complexity index is 58.6. The summed E-state index contributed by atoms with van der Waals surface area (Å²) in [7, 11) is 0. The van der Waals surface area contributed by atoms with E-state index >= 15 is 0 Å². The number of nitrogens with one attached hydrogen (secondary N) is 1. The average molecular weight is 98.2 g/mol. The quantitative estimate of drug-likeness (QED) is 0.499. The zero-order valence-corrected chi connectivity index (χ0v) is 4.83. The summed E-state index contributed by atoms with van der Waals surface area (Å²) < 4.78 is 0. The Balaban J connectivity index is 2.28. The van der Waals surface area contributed by atoms with Crippen LogP contribution >= 0.6 is 0 Å². The highest BCUT2D eigenvalue weighted by molar-refractivity contribution is 4.91. The van der Waals surface area contributed by atoms with Crippen LogP contribution in [0.4, 0.5) is 0 Å². The van der Waals surface area contributed by atoms with Gasteiger partial charge in [-0.15, -0.1) is 0 Å². The van der Waals surface area contributed by atoms with Crippen LogP contribution in [0.1, 0.15) is 26.2 Å². The first-order chi connectivity index (χ1) is 3.33. The van der Waals surface area contributed by atoms with Gasteiger partial charge in [0.05, 0.1) is 0 Å². The Labute approximate surface area is 44.9 Å². The van der Waals surface area contributed by atoms with Gasteiger partial charge in [-0.2, -0.15) is 0 Å². The Morgan fingerprint density at radius 2 is 2.14 bits per heavy atom. The second-order valence-corrected chi connectivity index (χ2v) is 2.53. The van der Waals surface area contributed by atoms with Gasteiger partial charge in [-0.05, 0) is 24.7 Å². The van der Waals surface area contributed by atoms with Crippen LogP contribution < -0.4 is 5.73 Å². The molecule has 0 unspecified atom stereocenters. The molecule has 0 aromatic rings. The lowest BCUT2D eigenvalue weighted by Crippen LogP contribution is -2.04. The average Bonchev–Trinajstić information content (AvgIpc) is 2.46. The molecule has 0 atom stereocenters. The predicted octanol–water partition coefficient (Wildman–Crippen LogP) is 1.46. The lowest BCUT2D eigenvalue weighted by molar-refractivity contribution is 0.498. The standard InChI is InChI=1S/C6H12N/c1-2-6(5-7)3-4-6/h7H,2-5H2,1H3. The summed E-state index contributed by atoms with van der Waals surface area (Å²) in [4.78, 5) is 0. The first-order valence-corrected chi connectivity index (χ1v) is 2.97. The minimum Gasteiger partial charge on any atom is -0.257 e. The van der Waals surface area contributed by atoms with Gasteiger partial charge in [0.25, 0.3) is 0 Å². The third-order valence-electron chi connectivity index (χ3n) is 2.08. The highest BCUT2D eigenvalue weighted by Crippen LogP contribution is 2.47. The van der Waals surface area contributed by atoms with E-state index in [-0.39, 0.29) is 0 Å². The van der Waals surface area contributed by atoms with Gasteiger partial charge in [-0.25, -0.2) is 0 Å². The van der Waals surface area contributed by atoms with Crippen molar-refractivity contribution >= 4 is 0 Å². The molecule has 1 nitrogen and oxygen atoms in total. The summed E-state index contributed by atoms with van der Waals surface area (Å²) >= 11 is 0. The molecule has 0 aromatic heterocycles. The second kappa shape index (κ2) is 1.48. The Kier molecular flexibility index (Phi) is 1.08. The van der Waals surface area contributed by atoms with Crippen LogP contribution in [0.2, 0.25) is 0 Å². The lowest BCUT2D eigenvalue weighted by atomic mass is 10.1. The molecule has 1 saturated carbocycles. The molecule has 1 fully saturated rings. The van der Waals surface area contributed by atoms with Gasteiger partial charge in [0.2, 0.25) is 0 Å². The molecule has 1 aliphatic rings. The highest BCUT2D eigenvalue weighted by Gasteiger charge is 2.38. The number of hydrogen-bond acceptors (Lipinski definition) is 0. The molecular weight excluding hydrogens is 86.1 g/mol. The third kappa shape index (κ3) is 0.778. The van der Waals surface area contributed by atoms with Crippen molar-refractivity contribution < 1.29 is 0 Å². The molecule has 0 aromatic carbocycles. The van der Waals surface area contributed by atoms with Crippen molar-refractivity contribution in [2.24, 2.45) is 5.41 Å². The smallest absolute Gasteiger partial charge is 0.0156 e. The van der Waals surface area contributed by atoms with Crippen molar-refractivity contribution in [3.05, 3.63) is 0 Å². The fourth-order valence-electron chi connectivity index (χ4n) is 0.832. The summed E-state index contributed by atoms with van der Waals surface area (Å²) in [6, 6.07) is 0. The maximum atomic E-state index is 7.07. The van der Waals surface area contributed by atoms with Crippen LogP contribution in [0.25, 0.3) is 0 Å². The molecule has 0 bridgehead atoms. The van der Waals surface area contributed by atoms with Crippen molar-refractivity contribution in [1.82, 2.24) is 5.73 Å². The summed E-state index contributed by atoms with van der Waals surface area (Å²) in [5.74, 6) is 0. The Morgan fingerprint density at radius 3 is 2.14 bits per heavy atom. The molecule has 0 amide bonds. The van der Waals surface area contributed by atoms with Crippen LogP contribution in [-0.4, -0.2) is 6.54 Å². The summed E-state index contributed by atoms with van der Waals surface area (Å²) in [5, 5.41) is 0. The fraction of sp³-hybridized carbons (Fsp3) is 1.00. The van der Waals surface area contributed by atoms with Gasteiger partial charge in [-0.3, -0.25) is 5.73 Å². The van der Waals surface area contributed by atoms with E-state index in [4.69, 9.17) is 5.73 Å². The van der Waals surface area contributed by atoms with Crippen LogP contribution in [0, 0.1) is 5.41 Å². The van der Waals surface area contributed by atoms with Gasteiger partial charge in [-0.1, -0.05) is 6.92 Å². The largest absolute Gasteiger partial charge is 0.257 e. The SMILES string of the molecule is CCC1(C[NH])CC1. The lowest BCUT2D eigenvalue weighted by Gasteiger charge is -2.03. The molecule has 0 aliphatic heterocycles. The van der Waals surface area contributed by atoms with Crippen LogP contribution in [0.15, 0.2) is 0 Å². The normalized spacial score (nSPS) is 24.9. The number of hydrogen-bond donors (Lipinski definition) is 0. The van der Waals surface area contributed by atoms with Gasteiger partial charge in [0.15, 0.2) is 0 Å². The maximum Gasteiger partial charge on any atom is 0.0156 e. The van der Waals surface area contributed by atoms with Crippen LogP contribution in [0.5, 0.6) is 0 Å². The minimum atomic E-state index is 0.500. The molecule has 0 spiro atoms. The van der Waals surface area contributed by atoms with Crippen molar-refractivity contribution in [2.75, 3.05) is 6.54 Å². The highest BCUT2D eigenvalue weighted by atomic mass is 14.6. The van der Waals surface area contributed by atoms with Crippen molar-refractivity contribution in [1.29, 1.82) is 0 Å². The van der Waals surface area contributed by atoms with E-state index in [2.05, 4.69) is 6.92 Å². The molecule has 7 heavy (non-hydrogen) atoms. The van der Waals surface area contributed by atoms with Crippen molar-refractivity contribution in [2.45, 2.75) is 26.2 Å². The molecule has 1 heteroatoms. The first kappa shape index (κ1) is 5.10. The maximum absolute atomic E-state index is 7.07. The molecule has 41 valence electrons. The zero-order valence-electron chi connectivity index (χ0n) is 4.83. The van der Waals surface area contributed by atoms with Crippen LogP contribution in [-0.2, 0) is 0 Å².